The van der Waals surface area contributed by atoms with Crippen molar-refractivity contribution >= 4 is 23.3 Å². The molecule has 0 unspecified atom stereocenters. The number of hydrogen-bond donors (Lipinski definition) is 2. The fourth-order valence-corrected chi connectivity index (χ4v) is 2.06. The van der Waals surface area contributed by atoms with Gasteiger partial charge in [-0.3, -0.25) is 4.79 Å². The number of ether oxygens (including phenoxy) is 1. The van der Waals surface area contributed by atoms with Gasteiger partial charge in [0.1, 0.15) is 6.04 Å². The van der Waals surface area contributed by atoms with Crippen molar-refractivity contribution in [3.8, 4) is 0 Å². The maximum absolute atomic E-state index is 12.1. The Hall–Kier alpha value is -2.82. The Morgan fingerprint density at radius 3 is 2.43 bits per heavy atom. The highest BCUT2D eigenvalue weighted by Crippen LogP contribution is 2.17. The van der Waals surface area contributed by atoms with E-state index in [1.807, 2.05) is 24.3 Å². The summed E-state index contributed by atoms with van der Waals surface area (Å²) in [5, 5.41) is 5.89. The molecular weight excluding hydrogens is 292 g/mol. The molecule has 0 aliphatic carbocycles. The van der Waals surface area contributed by atoms with E-state index in [1.54, 1.807) is 44.2 Å². The van der Waals surface area contributed by atoms with Gasteiger partial charge in [-0.1, -0.05) is 24.3 Å². The van der Waals surface area contributed by atoms with Crippen LogP contribution in [-0.4, -0.2) is 24.5 Å². The Labute approximate surface area is 135 Å². The van der Waals surface area contributed by atoms with Crippen LogP contribution in [0.4, 0.5) is 11.4 Å². The first-order valence-electron chi connectivity index (χ1n) is 7.49. The van der Waals surface area contributed by atoms with Crippen molar-refractivity contribution in [2.45, 2.75) is 19.9 Å². The second kappa shape index (κ2) is 7.98. The zero-order chi connectivity index (χ0) is 16.7. The maximum Gasteiger partial charge on any atom is 0.328 e. The number of carbonyl (C=O) groups excluding carboxylic acids is 2. The molecule has 2 rings (SSSR count). The van der Waals surface area contributed by atoms with Gasteiger partial charge in [0.2, 0.25) is 0 Å². The Balaban J connectivity index is 2.02. The average Bonchev–Trinajstić information content (AvgIpc) is 2.56. The second-order valence-electron chi connectivity index (χ2n) is 5.02. The summed E-state index contributed by atoms with van der Waals surface area (Å²) in [4.78, 5) is 23.8. The number of benzene rings is 2. The van der Waals surface area contributed by atoms with E-state index >= 15 is 0 Å². The first kappa shape index (κ1) is 16.5. The molecule has 0 saturated heterocycles. The van der Waals surface area contributed by atoms with E-state index in [1.165, 1.54) is 0 Å². The molecule has 0 radical (unpaired) electrons. The van der Waals surface area contributed by atoms with Crippen molar-refractivity contribution in [2.24, 2.45) is 0 Å². The van der Waals surface area contributed by atoms with E-state index in [4.69, 9.17) is 4.74 Å². The monoisotopic (exact) mass is 312 g/mol. The molecule has 0 heterocycles. The fourth-order valence-electron chi connectivity index (χ4n) is 2.06. The van der Waals surface area contributed by atoms with E-state index in [2.05, 4.69) is 10.6 Å². The highest BCUT2D eigenvalue weighted by atomic mass is 16.5. The van der Waals surface area contributed by atoms with Crippen molar-refractivity contribution in [1.29, 1.82) is 0 Å². The molecule has 1 atom stereocenters. The Bertz CT molecular complexity index is 671. The molecule has 0 aromatic heterocycles. The molecule has 120 valence electrons. The largest absolute Gasteiger partial charge is 0.464 e. The minimum absolute atomic E-state index is 0.179. The normalized spacial score (nSPS) is 11.4. The smallest absolute Gasteiger partial charge is 0.328 e. The van der Waals surface area contributed by atoms with Gasteiger partial charge in [0.05, 0.1) is 6.61 Å². The summed E-state index contributed by atoms with van der Waals surface area (Å²) in [6.45, 7) is 3.84. The number of anilines is 2. The van der Waals surface area contributed by atoms with Crippen LogP contribution in [0.5, 0.6) is 0 Å². The van der Waals surface area contributed by atoms with E-state index in [0.717, 1.165) is 5.69 Å². The van der Waals surface area contributed by atoms with Gasteiger partial charge in [-0.2, -0.15) is 0 Å². The highest BCUT2D eigenvalue weighted by Gasteiger charge is 2.13. The van der Waals surface area contributed by atoms with Crippen LogP contribution in [0.1, 0.15) is 24.2 Å². The third-order valence-corrected chi connectivity index (χ3v) is 3.18. The van der Waals surface area contributed by atoms with Crippen LogP contribution in [0.2, 0.25) is 0 Å². The van der Waals surface area contributed by atoms with E-state index in [9.17, 15) is 9.59 Å². The lowest BCUT2D eigenvalue weighted by Gasteiger charge is -2.15. The average molecular weight is 312 g/mol. The Kier molecular flexibility index (Phi) is 5.74. The molecule has 0 fully saturated rings. The highest BCUT2D eigenvalue weighted by molar-refractivity contribution is 6.04. The number of rotatable bonds is 6. The van der Waals surface area contributed by atoms with Crippen molar-refractivity contribution in [2.75, 3.05) is 17.2 Å². The molecule has 2 aromatic rings. The molecule has 1 amide bonds. The number of esters is 1. The molecule has 0 aliphatic rings. The topological polar surface area (TPSA) is 67.4 Å². The standard InChI is InChI=1S/C18H20N2O3/c1-3-23-18(22)13(2)19-15-10-7-11-16(12-15)20-17(21)14-8-5-4-6-9-14/h4-13,19H,3H2,1-2H3,(H,20,21)/t13-/m0/s1. The Morgan fingerprint density at radius 2 is 1.74 bits per heavy atom. The predicted molar refractivity (Wildman–Crippen MR) is 90.6 cm³/mol. The molecule has 5 nitrogen and oxygen atoms in total. The predicted octanol–water partition coefficient (Wildman–Crippen LogP) is 3.30. The van der Waals surface area contributed by atoms with Gasteiger partial charge in [0.15, 0.2) is 0 Å². The van der Waals surface area contributed by atoms with Crippen molar-refractivity contribution < 1.29 is 14.3 Å². The van der Waals surface area contributed by atoms with E-state index in [0.29, 0.717) is 17.9 Å². The molecule has 0 saturated carbocycles. The quantitative estimate of drug-likeness (QED) is 0.803. The van der Waals surface area contributed by atoms with E-state index < -0.39 is 6.04 Å². The zero-order valence-corrected chi connectivity index (χ0v) is 13.2. The minimum atomic E-state index is -0.463. The minimum Gasteiger partial charge on any atom is -0.464 e. The van der Waals surface area contributed by atoms with Crippen LogP contribution in [0.15, 0.2) is 54.6 Å². The number of amides is 1. The molecule has 2 aromatic carbocycles. The van der Waals surface area contributed by atoms with Gasteiger partial charge in [-0.25, -0.2) is 4.79 Å². The van der Waals surface area contributed by atoms with Gasteiger partial charge in [0, 0.05) is 16.9 Å². The van der Waals surface area contributed by atoms with Gasteiger partial charge in [-0.05, 0) is 44.2 Å². The number of hydrogen-bond acceptors (Lipinski definition) is 4. The lowest BCUT2D eigenvalue weighted by atomic mass is 10.2. The summed E-state index contributed by atoms with van der Waals surface area (Å²) in [6.07, 6.45) is 0. The van der Waals surface area contributed by atoms with Gasteiger partial charge >= 0.3 is 5.97 Å². The van der Waals surface area contributed by atoms with Crippen LogP contribution in [0, 0.1) is 0 Å². The molecule has 0 aliphatic heterocycles. The number of carbonyl (C=O) groups is 2. The molecular formula is C18H20N2O3. The lowest BCUT2D eigenvalue weighted by Crippen LogP contribution is -2.28. The summed E-state index contributed by atoms with van der Waals surface area (Å²) in [5.41, 5.74) is 1.97. The van der Waals surface area contributed by atoms with Gasteiger partial charge in [-0.15, -0.1) is 0 Å². The first-order valence-corrected chi connectivity index (χ1v) is 7.49. The van der Waals surface area contributed by atoms with Crippen LogP contribution >= 0.6 is 0 Å². The SMILES string of the molecule is CCOC(=O)[C@H](C)Nc1cccc(NC(=O)c2ccccc2)c1. The molecule has 5 heteroatoms. The molecule has 0 bridgehead atoms. The fraction of sp³-hybridized carbons (Fsp3) is 0.222. The van der Waals surface area contributed by atoms with Crippen molar-refractivity contribution in [1.82, 2.24) is 0 Å². The summed E-state index contributed by atoms with van der Waals surface area (Å²) in [5.74, 6) is -0.493. The second-order valence-corrected chi connectivity index (χ2v) is 5.02. The lowest BCUT2D eigenvalue weighted by molar-refractivity contribution is -0.143. The summed E-state index contributed by atoms with van der Waals surface area (Å²) in [6, 6.07) is 15.7. The van der Waals surface area contributed by atoms with Crippen LogP contribution in [-0.2, 0) is 9.53 Å². The first-order chi connectivity index (χ1) is 11.1. The van der Waals surface area contributed by atoms with Gasteiger partial charge < -0.3 is 15.4 Å². The Morgan fingerprint density at radius 1 is 1.04 bits per heavy atom. The molecule has 23 heavy (non-hydrogen) atoms. The van der Waals surface area contributed by atoms with Crippen LogP contribution < -0.4 is 10.6 Å². The van der Waals surface area contributed by atoms with Crippen LogP contribution in [0.3, 0.4) is 0 Å². The summed E-state index contributed by atoms with van der Waals surface area (Å²) >= 11 is 0. The van der Waals surface area contributed by atoms with Crippen molar-refractivity contribution in [3.63, 3.8) is 0 Å². The zero-order valence-electron chi connectivity index (χ0n) is 13.2. The third-order valence-electron chi connectivity index (χ3n) is 3.18. The van der Waals surface area contributed by atoms with Gasteiger partial charge in [0.25, 0.3) is 5.91 Å². The summed E-state index contributed by atoms with van der Waals surface area (Å²) < 4.78 is 4.96. The summed E-state index contributed by atoms with van der Waals surface area (Å²) in [7, 11) is 0. The van der Waals surface area contributed by atoms with Crippen molar-refractivity contribution in [3.05, 3.63) is 60.2 Å². The molecule has 2 N–H and O–H groups in total. The van der Waals surface area contributed by atoms with Crippen LogP contribution in [0.25, 0.3) is 0 Å². The maximum atomic E-state index is 12.1. The molecule has 0 spiro atoms. The third kappa shape index (κ3) is 4.85. The number of nitrogens with one attached hydrogen (secondary N) is 2. The van der Waals surface area contributed by atoms with E-state index in [-0.39, 0.29) is 11.9 Å².